The molecule has 0 aliphatic carbocycles. The first kappa shape index (κ1) is 17.0. The fraction of sp³-hybridized carbons (Fsp3) is 0.526. The number of likely N-dealkylation sites (tertiary alicyclic amines) is 1. The Bertz CT molecular complexity index is 862. The molecule has 0 radical (unpaired) electrons. The largest absolute Gasteiger partial charge is 0.481 e. The van der Waals surface area contributed by atoms with Gasteiger partial charge in [0.15, 0.2) is 0 Å². The lowest BCUT2D eigenvalue weighted by molar-refractivity contribution is -0.149. The molecule has 0 bridgehead atoms. The third-order valence-electron chi connectivity index (χ3n) is 5.77. The molecule has 2 atom stereocenters. The second kappa shape index (κ2) is 6.39. The summed E-state index contributed by atoms with van der Waals surface area (Å²) in [6, 6.07) is 8.08. The quantitative estimate of drug-likeness (QED) is 0.818. The van der Waals surface area contributed by atoms with Crippen LogP contribution in [0.2, 0.25) is 0 Å². The standard InChI is InChI=1S/C19H24N4O3/c1-2-3-8-23-15-7-5-4-6-14(15)21-16(23)10-22-9-13-17(24)20-11-19(13,12-22)18(25)26/h4-7,13H,2-3,8-12H2,1H3,(H,20,24)(H,25,26)/t13-,19+/m1/s1. The summed E-state index contributed by atoms with van der Waals surface area (Å²) in [6.45, 7) is 4.69. The van der Waals surface area contributed by atoms with E-state index in [2.05, 4.69) is 27.8 Å². The van der Waals surface area contributed by atoms with Gasteiger partial charge in [-0.2, -0.15) is 0 Å². The molecule has 26 heavy (non-hydrogen) atoms. The zero-order valence-corrected chi connectivity index (χ0v) is 14.9. The number of carbonyl (C=O) groups is 2. The van der Waals surface area contributed by atoms with Gasteiger partial charge in [-0.1, -0.05) is 25.5 Å². The van der Waals surface area contributed by atoms with Crippen LogP contribution in [-0.4, -0.2) is 51.1 Å². The van der Waals surface area contributed by atoms with Crippen molar-refractivity contribution >= 4 is 22.9 Å². The van der Waals surface area contributed by atoms with E-state index in [-0.39, 0.29) is 12.5 Å². The third-order valence-corrected chi connectivity index (χ3v) is 5.77. The summed E-state index contributed by atoms with van der Waals surface area (Å²) >= 11 is 0. The third kappa shape index (κ3) is 2.58. The summed E-state index contributed by atoms with van der Waals surface area (Å²) in [5, 5.41) is 12.4. The van der Waals surface area contributed by atoms with Crippen molar-refractivity contribution < 1.29 is 14.7 Å². The topological polar surface area (TPSA) is 87.5 Å². The zero-order chi connectivity index (χ0) is 18.3. The van der Waals surface area contributed by atoms with Gasteiger partial charge in [0.1, 0.15) is 11.2 Å². The Morgan fingerprint density at radius 3 is 2.96 bits per heavy atom. The SMILES string of the molecule is CCCCn1c(CN2C[C@@H]3C(=O)NC[C@]3(C(=O)O)C2)nc2ccccc21. The van der Waals surface area contributed by atoms with E-state index in [1.807, 2.05) is 18.2 Å². The second-order valence-electron chi connectivity index (χ2n) is 7.42. The van der Waals surface area contributed by atoms with Crippen molar-refractivity contribution in [3.05, 3.63) is 30.1 Å². The minimum atomic E-state index is -1.00. The molecule has 3 heterocycles. The molecule has 2 aromatic rings. The maximum absolute atomic E-state index is 12.1. The van der Waals surface area contributed by atoms with Crippen molar-refractivity contribution in [1.29, 1.82) is 0 Å². The van der Waals surface area contributed by atoms with Crippen LogP contribution in [0.4, 0.5) is 0 Å². The summed E-state index contributed by atoms with van der Waals surface area (Å²) < 4.78 is 2.24. The van der Waals surface area contributed by atoms with Crippen LogP contribution in [0.3, 0.4) is 0 Å². The molecular formula is C19H24N4O3. The fourth-order valence-electron chi connectivity index (χ4n) is 4.31. The van der Waals surface area contributed by atoms with Gasteiger partial charge in [0.25, 0.3) is 0 Å². The van der Waals surface area contributed by atoms with Crippen molar-refractivity contribution in [3.8, 4) is 0 Å². The number of imidazole rings is 1. The highest BCUT2D eigenvalue weighted by Crippen LogP contribution is 2.40. The summed E-state index contributed by atoms with van der Waals surface area (Å²) in [4.78, 5) is 30.8. The van der Waals surface area contributed by atoms with Crippen molar-refractivity contribution in [3.63, 3.8) is 0 Å². The number of carboxylic acid groups (broad SMARTS) is 1. The first-order chi connectivity index (χ1) is 12.5. The number of para-hydroxylation sites is 2. The second-order valence-corrected chi connectivity index (χ2v) is 7.42. The Kier molecular flexibility index (Phi) is 4.19. The van der Waals surface area contributed by atoms with Gasteiger partial charge < -0.3 is 15.0 Å². The van der Waals surface area contributed by atoms with Gasteiger partial charge in [0.05, 0.1) is 23.5 Å². The molecule has 1 aromatic carbocycles. The number of carboxylic acids is 1. The van der Waals surface area contributed by atoms with E-state index in [9.17, 15) is 14.7 Å². The van der Waals surface area contributed by atoms with E-state index in [0.717, 1.165) is 36.2 Å². The van der Waals surface area contributed by atoms with Crippen LogP contribution in [-0.2, 0) is 22.7 Å². The van der Waals surface area contributed by atoms with Gasteiger partial charge in [0, 0.05) is 26.2 Å². The fourth-order valence-corrected chi connectivity index (χ4v) is 4.31. The molecule has 0 saturated carbocycles. The Labute approximate surface area is 152 Å². The lowest BCUT2D eigenvalue weighted by atomic mass is 9.81. The number of nitrogens with zero attached hydrogens (tertiary/aromatic N) is 3. The Hall–Kier alpha value is -2.41. The molecule has 7 heteroatoms. The summed E-state index contributed by atoms with van der Waals surface area (Å²) in [6.07, 6.45) is 2.16. The minimum absolute atomic E-state index is 0.144. The zero-order valence-electron chi connectivity index (χ0n) is 14.9. The first-order valence-corrected chi connectivity index (χ1v) is 9.23. The van der Waals surface area contributed by atoms with Crippen LogP contribution in [0.25, 0.3) is 11.0 Å². The molecule has 1 aromatic heterocycles. The molecule has 2 saturated heterocycles. The normalized spacial score (nSPS) is 25.6. The van der Waals surface area contributed by atoms with Gasteiger partial charge in [-0.3, -0.25) is 14.5 Å². The van der Waals surface area contributed by atoms with Crippen LogP contribution in [0.15, 0.2) is 24.3 Å². The molecule has 1 amide bonds. The van der Waals surface area contributed by atoms with E-state index in [0.29, 0.717) is 19.6 Å². The Balaban J connectivity index is 1.62. The number of aromatic nitrogens is 2. The molecule has 2 aliphatic rings. The highest BCUT2D eigenvalue weighted by Gasteiger charge is 2.59. The summed E-state index contributed by atoms with van der Waals surface area (Å²) in [5.41, 5.74) is 1.07. The van der Waals surface area contributed by atoms with Crippen LogP contribution in [0.5, 0.6) is 0 Å². The Morgan fingerprint density at radius 2 is 2.23 bits per heavy atom. The number of nitrogens with one attached hydrogen (secondary N) is 1. The monoisotopic (exact) mass is 356 g/mol. The molecule has 7 nitrogen and oxygen atoms in total. The lowest BCUT2D eigenvalue weighted by Crippen LogP contribution is -2.40. The van der Waals surface area contributed by atoms with Gasteiger partial charge in [0.2, 0.25) is 5.91 Å². The number of fused-ring (bicyclic) bond motifs is 2. The maximum Gasteiger partial charge on any atom is 0.313 e. The highest BCUT2D eigenvalue weighted by atomic mass is 16.4. The number of benzene rings is 1. The molecule has 4 rings (SSSR count). The number of unbranched alkanes of at least 4 members (excludes halogenated alkanes) is 1. The van der Waals surface area contributed by atoms with Crippen LogP contribution in [0.1, 0.15) is 25.6 Å². The predicted octanol–water partition coefficient (Wildman–Crippen LogP) is 1.47. The average molecular weight is 356 g/mol. The van der Waals surface area contributed by atoms with Crippen molar-refractivity contribution in [1.82, 2.24) is 19.8 Å². The van der Waals surface area contributed by atoms with Crippen molar-refractivity contribution in [2.45, 2.75) is 32.9 Å². The van der Waals surface area contributed by atoms with E-state index in [4.69, 9.17) is 4.98 Å². The summed E-state index contributed by atoms with van der Waals surface area (Å²) in [5.74, 6) is -0.564. The number of carbonyl (C=O) groups excluding carboxylic acids is 1. The predicted molar refractivity (Wildman–Crippen MR) is 96.5 cm³/mol. The maximum atomic E-state index is 12.1. The number of amides is 1. The molecular weight excluding hydrogens is 332 g/mol. The number of aryl methyl sites for hydroxylation is 1. The lowest BCUT2D eigenvalue weighted by Gasteiger charge is -2.22. The van der Waals surface area contributed by atoms with Crippen LogP contribution < -0.4 is 5.32 Å². The smallest absolute Gasteiger partial charge is 0.313 e. The first-order valence-electron chi connectivity index (χ1n) is 9.23. The van der Waals surface area contributed by atoms with E-state index >= 15 is 0 Å². The number of aliphatic carboxylic acids is 1. The minimum Gasteiger partial charge on any atom is -0.481 e. The van der Waals surface area contributed by atoms with Crippen molar-refractivity contribution in [2.75, 3.05) is 19.6 Å². The number of rotatable bonds is 6. The van der Waals surface area contributed by atoms with Gasteiger partial charge >= 0.3 is 5.97 Å². The molecule has 0 spiro atoms. The van der Waals surface area contributed by atoms with E-state index in [1.165, 1.54) is 0 Å². The van der Waals surface area contributed by atoms with E-state index in [1.54, 1.807) is 0 Å². The van der Waals surface area contributed by atoms with Gasteiger partial charge in [-0.05, 0) is 18.6 Å². The van der Waals surface area contributed by atoms with Gasteiger partial charge in [-0.25, -0.2) is 4.98 Å². The van der Waals surface area contributed by atoms with Crippen LogP contribution in [0, 0.1) is 11.3 Å². The molecule has 2 N–H and O–H groups in total. The average Bonchev–Trinajstić information content (AvgIpc) is 3.25. The van der Waals surface area contributed by atoms with E-state index < -0.39 is 17.3 Å². The highest BCUT2D eigenvalue weighted by molar-refractivity contribution is 5.92. The van der Waals surface area contributed by atoms with Crippen LogP contribution >= 0.6 is 0 Å². The molecule has 2 fully saturated rings. The molecule has 2 aliphatic heterocycles. The summed E-state index contributed by atoms with van der Waals surface area (Å²) in [7, 11) is 0. The molecule has 0 unspecified atom stereocenters. The number of hydrogen-bond donors (Lipinski definition) is 2. The number of hydrogen-bond acceptors (Lipinski definition) is 4. The Morgan fingerprint density at radius 1 is 1.42 bits per heavy atom. The molecule has 138 valence electrons. The van der Waals surface area contributed by atoms with Crippen molar-refractivity contribution in [2.24, 2.45) is 11.3 Å². The van der Waals surface area contributed by atoms with Gasteiger partial charge in [-0.15, -0.1) is 0 Å².